The summed E-state index contributed by atoms with van der Waals surface area (Å²) in [5, 5.41) is 0. The van der Waals surface area contributed by atoms with Gasteiger partial charge in [0.1, 0.15) is 6.10 Å². The smallest absolute Gasteiger partial charge is 0.416 e. The predicted molar refractivity (Wildman–Crippen MR) is 61.9 cm³/mol. The fourth-order valence-corrected chi connectivity index (χ4v) is 1.92. The quantitative estimate of drug-likeness (QED) is 0.843. The molecule has 0 bridgehead atoms. The van der Waals surface area contributed by atoms with E-state index in [4.69, 9.17) is 9.47 Å². The summed E-state index contributed by atoms with van der Waals surface area (Å²) in [6.45, 7) is 0.845. The average Bonchev–Trinajstić information content (AvgIpc) is 2.76. The average molecular weight is 276 g/mol. The van der Waals surface area contributed by atoms with Crippen LogP contribution in [0.2, 0.25) is 0 Å². The maximum absolute atomic E-state index is 12.6. The minimum atomic E-state index is -4.39. The topological polar surface area (TPSA) is 34.6 Å². The van der Waals surface area contributed by atoms with Gasteiger partial charge < -0.3 is 14.4 Å². The summed E-state index contributed by atoms with van der Waals surface area (Å²) in [5.74, 6) is -0.0304. The van der Waals surface area contributed by atoms with Crippen LogP contribution in [-0.4, -0.2) is 49.3 Å². The molecule has 1 fully saturated rings. The molecule has 1 aliphatic heterocycles. The van der Waals surface area contributed by atoms with Gasteiger partial charge in [0.25, 0.3) is 0 Å². The Morgan fingerprint density at radius 2 is 2.11 bits per heavy atom. The number of halogens is 3. The number of hydrogen-bond acceptors (Lipinski definition) is 4. The van der Waals surface area contributed by atoms with Crippen LogP contribution in [0.3, 0.4) is 0 Å². The SMILES string of the molecule is CN(C)C1COCC1Oc1cc(C(F)(F)F)ccn1. The van der Waals surface area contributed by atoms with E-state index in [9.17, 15) is 13.2 Å². The second-order valence-corrected chi connectivity index (χ2v) is 4.61. The molecule has 4 nitrogen and oxygen atoms in total. The van der Waals surface area contributed by atoms with Gasteiger partial charge in [-0.3, -0.25) is 0 Å². The highest BCUT2D eigenvalue weighted by atomic mass is 19.4. The second kappa shape index (κ2) is 5.34. The van der Waals surface area contributed by atoms with Crippen molar-refractivity contribution in [1.82, 2.24) is 9.88 Å². The first-order chi connectivity index (χ1) is 8.88. The van der Waals surface area contributed by atoms with Crippen LogP contribution in [0.25, 0.3) is 0 Å². The normalized spacial score (nSPS) is 23.9. The van der Waals surface area contributed by atoms with E-state index in [1.165, 1.54) is 0 Å². The van der Waals surface area contributed by atoms with Gasteiger partial charge in [-0.05, 0) is 20.2 Å². The van der Waals surface area contributed by atoms with Crippen molar-refractivity contribution in [1.29, 1.82) is 0 Å². The van der Waals surface area contributed by atoms with Crippen LogP contribution in [-0.2, 0) is 10.9 Å². The van der Waals surface area contributed by atoms with Crippen LogP contribution in [0.5, 0.6) is 5.88 Å². The lowest BCUT2D eigenvalue weighted by Crippen LogP contribution is -2.41. The molecular formula is C12H15F3N2O2. The molecule has 1 aliphatic rings. The van der Waals surface area contributed by atoms with Crippen LogP contribution in [0.4, 0.5) is 13.2 Å². The molecule has 2 heterocycles. The molecule has 0 N–H and O–H groups in total. The zero-order valence-electron chi connectivity index (χ0n) is 10.6. The molecule has 0 saturated carbocycles. The third-order valence-corrected chi connectivity index (χ3v) is 3.00. The van der Waals surface area contributed by atoms with Gasteiger partial charge in [-0.2, -0.15) is 13.2 Å². The molecule has 106 valence electrons. The Bertz CT molecular complexity index is 437. The summed E-state index contributed by atoms with van der Waals surface area (Å²) < 4.78 is 48.5. The van der Waals surface area contributed by atoms with Crippen molar-refractivity contribution in [3.63, 3.8) is 0 Å². The number of pyridine rings is 1. The predicted octanol–water partition coefficient (Wildman–Crippen LogP) is 1.81. The third kappa shape index (κ3) is 3.36. The van der Waals surface area contributed by atoms with Crippen molar-refractivity contribution in [3.8, 4) is 5.88 Å². The monoisotopic (exact) mass is 276 g/mol. The lowest BCUT2D eigenvalue weighted by atomic mass is 10.2. The van der Waals surface area contributed by atoms with Gasteiger partial charge in [-0.25, -0.2) is 4.98 Å². The van der Waals surface area contributed by atoms with Gasteiger partial charge >= 0.3 is 6.18 Å². The van der Waals surface area contributed by atoms with Gasteiger partial charge in [-0.15, -0.1) is 0 Å². The molecule has 1 saturated heterocycles. The summed E-state index contributed by atoms with van der Waals surface area (Å²) in [6, 6.07) is 1.84. The highest BCUT2D eigenvalue weighted by Gasteiger charge is 2.34. The first-order valence-electron chi connectivity index (χ1n) is 5.82. The molecule has 0 aliphatic carbocycles. The molecule has 2 atom stereocenters. The lowest BCUT2D eigenvalue weighted by Gasteiger charge is -2.24. The van der Waals surface area contributed by atoms with Gasteiger partial charge in [0.2, 0.25) is 5.88 Å². The summed E-state index contributed by atoms with van der Waals surface area (Å²) >= 11 is 0. The number of ether oxygens (including phenoxy) is 2. The summed E-state index contributed by atoms with van der Waals surface area (Å²) in [5.41, 5.74) is -0.766. The van der Waals surface area contributed by atoms with Crippen LogP contribution >= 0.6 is 0 Å². The van der Waals surface area contributed by atoms with Crippen molar-refractivity contribution < 1.29 is 22.6 Å². The maximum atomic E-state index is 12.6. The Hall–Kier alpha value is -1.34. The molecule has 2 rings (SSSR count). The summed E-state index contributed by atoms with van der Waals surface area (Å²) in [4.78, 5) is 5.74. The van der Waals surface area contributed by atoms with E-state index in [1.807, 2.05) is 19.0 Å². The zero-order valence-corrected chi connectivity index (χ0v) is 10.6. The van der Waals surface area contributed by atoms with Crippen molar-refractivity contribution in [3.05, 3.63) is 23.9 Å². The number of alkyl halides is 3. The van der Waals surface area contributed by atoms with Crippen molar-refractivity contribution in [2.75, 3.05) is 27.3 Å². The number of likely N-dealkylation sites (N-methyl/N-ethyl adjacent to an activating group) is 1. The molecular weight excluding hydrogens is 261 g/mol. The molecule has 1 aromatic heterocycles. The Kier molecular flexibility index (Phi) is 3.96. The van der Waals surface area contributed by atoms with Crippen LogP contribution < -0.4 is 4.74 Å². The molecule has 0 spiro atoms. The van der Waals surface area contributed by atoms with E-state index in [0.717, 1.165) is 18.3 Å². The number of rotatable bonds is 3. The molecule has 19 heavy (non-hydrogen) atoms. The van der Waals surface area contributed by atoms with Crippen molar-refractivity contribution >= 4 is 0 Å². The third-order valence-electron chi connectivity index (χ3n) is 3.00. The molecule has 7 heteroatoms. The number of nitrogens with zero attached hydrogens (tertiary/aromatic N) is 2. The number of aromatic nitrogens is 1. The summed E-state index contributed by atoms with van der Waals surface area (Å²) in [7, 11) is 3.74. The zero-order chi connectivity index (χ0) is 14.0. The summed E-state index contributed by atoms with van der Waals surface area (Å²) in [6.07, 6.45) is -3.61. The highest BCUT2D eigenvalue weighted by Crippen LogP contribution is 2.31. The lowest BCUT2D eigenvalue weighted by molar-refractivity contribution is -0.137. The molecule has 0 radical (unpaired) electrons. The van der Waals surface area contributed by atoms with Crippen LogP contribution in [0.1, 0.15) is 5.56 Å². The van der Waals surface area contributed by atoms with Crippen molar-refractivity contribution in [2.45, 2.75) is 18.3 Å². The largest absolute Gasteiger partial charge is 0.470 e. The Balaban J connectivity index is 2.11. The molecule has 0 amide bonds. The standard InChI is InChI=1S/C12H15F3N2O2/c1-17(2)9-6-18-7-10(9)19-11-5-8(3-4-16-11)12(13,14)15/h3-5,9-10H,6-7H2,1-2H3. The van der Waals surface area contributed by atoms with Gasteiger partial charge in [0.15, 0.2) is 0 Å². The van der Waals surface area contributed by atoms with E-state index in [2.05, 4.69) is 4.98 Å². The maximum Gasteiger partial charge on any atom is 0.416 e. The second-order valence-electron chi connectivity index (χ2n) is 4.61. The Morgan fingerprint density at radius 3 is 2.74 bits per heavy atom. The molecule has 0 aromatic carbocycles. The van der Waals surface area contributed by atoms with Crippen molar-refractivity contribution in [2.24, 2.45) is 0 Å². The first kappa shape index (κ1) is 14.1. The van der Waals surface area contributed by atoms with E-state index < -0.39 is 11.7 Å². The molecule has 1 aromatic rings. The minimum Gasteiger partial charge on any atom is -0.470 e. The fraction of sp³-hybridized carbons (Fsp3) is 0.583. The van der Waals surface area contributed by atoms with Crippen LogP contribution in [0, 0.1) is 0 Å². The number of hydrogen-bond donors (Lipinski definition) is 0. The van der Waals surface area contributed by atoms with Gasteiger partial charge in [0.05, 0.1) is 24.8 Å². The Morgan fingerprint density at radius 1 is 1.37 bits per heavy atom. The first-order valence-corrected chi connectivity index (χ1v) is 5.82. The fourth-order valence-electron chi connectivity index (χ4n) is 1.92. The molecule has 2 unspecified atom stereocenters. The Labute approximate surface area is 109 Å². The van der Waals surface area contributed by atoms with E-state index in [0.29, 0.717) is 13.2 Å². The highest BCUT2D eigenvalue weighted by molar-refractivity contribution is 5.23. The minimum absolute atomic E-state index is 0.0105. The van der Waals surface area contributed by atoms with Crippen LogP contribution in [0.15, 0.2) is 18.3 Å². The van der Waals surface area contributed by atoms with E-state index >= 15 is 0 Å². The van der Waals surface area contributed by atoms with Gasteiger partial charge in [0, 0.05) is 12.3 Å². The van der Waals surface area contributed by atoms with E-state index in [-0.39, 0.29) is 18.0 Å². The van der Waals surface area contributed by atoms with E-state index in [1.54, 1.807) is 0 Å². The van der Waals surface area contributed by atoms with Gasteiger partial charge in [-0.1, -0.05) is 0 Å².